The van der Waals surface area contributed by atoms with E-state index in [0.29, 0.717) is 10.9 Å². The number of carbonyl (C=O) groups excluding carboxylic acids is 1. The summed E-state index contributed by atoms with van der Waals surface area (Å²) >= 11 is 5.01. The fourth-order valence-electron chi connectivity index (χ4n) is 2.66. The molecule has 1 saturated heterocycles. The number of nitrogens with two attached hydrogens (primary N) is 1. The summed E-state index contributed by atoms with van der Waals surface area (Å²) in [6, 6.07) is 0. The molecule has 1 amide bonds. The SMILES string of the molecule is NC(=S)C1(C(=O)N2CCCC(CCO)C2)CC1. The Hall–Kier alpha value is -0.680. The standard InChI is InChI=1S/C12H20N2O2S/c13-10(17)12(4-5-12)11(16)14-6-1-2-9(8-14)3-7-15/h9,15H,1-8H2,(H2,13,17). The lowest BCUT2D eigenvalue weighted by atomic mass is 9.93. The van der Waals surface area contributed by atoms with Crippen LogP contribution in [0.1, 0.15) is 32.1 Å². The first-order chi connectivity index (χ1) is 8.10. The second kappa shape index (κ2) is 4.90. The molecule has 0 bridgehead atoms. The van der Waals surface area contributed by atoms with Crippen molar-refractivity contribution in [2.75, 3.05) is 19.7 Å². The van der Waals surface area contributed by atoms with Gasteiger partial charge < -0.3 is 15.7 Å². The van der Waals surface area contributed by atoms with E-state index in [0.717, 1.165) is 45.2 Å². The summed E-state index contributed by atoms with van der Waals surface area (Å²) in [6.45, 7) is 1.77. The summed E-state index contributed by atoms with van der Waals surface area (Å²) in [5.74, 6) is 0.549. The van der Waals surface area contributed by atoms with Crippen molar-refractivity contribution in [1.29, 1.82) is 0 Å². The summed E-state index contributed by atoms with van der Waals surface area (Å²) in [6.07, 6.45) is 4.52. The zero-order valence-electron chi connectivity index (χ0n) is 10.0. The number of aliphatic hydroxyl groups excluding tert-OH is 1. The summed E-state index contributed by atoms with van der Waals surface area (Å²) < 4.78 is 0. The molecule has 1 unspecified atom stereocenters. The Morgan fingerprint density at radius 3 is 2.76 bits per heavy atom. The molecular weight excluding hydrogens is 236 g/mol. The van der Waals surface area contributed by atoms with Gasteiger partial charge in [0.25, 0.3) is 0 Å². The van der Waals surface area contributed by atoms with Gasteiger partial charge in [0.05, 0.1) is 10.4 Å². The number of aliphatic hydroxyl groups is 1. The van der Waals surface area contributed by atoms with E-state index < -0.39 is 5.41 Å². The summed E-state index contributed by atoms with van der Waals surface area (Å²) in [4.78, 5) is 14.6. The Balaban J connectivity index is 1.98. The molecule has 0 aromatic carbocycles. The smallest absolute Gasteiger partial charge is 0.235 e. The van der Waals surface area contributed by atoms with Crippen LogP contribution in [0.2, 0.25) is 0 Å². The van der Waals surface area contributed by atoms with Gasteiger partial charge in [-0.3, -0.25) is 4.79 Å². The summed E-state index contributed by atoms with van der Waals surface area (Å²) in [5.41, 5.74) is 5.16. The van der Waals surface area contributed by atoms with Crippen molar-refractivity contribution in [3.8, 4) is 0 Å². The number of amides is 1. The van der Waals surface area contributed by atoms with E-state index in [9.17, 15) is 4.79 Å². The van der Waals surface area contributed by atoms with Gasteiger partial charge in [0.1, 0.15) is 0 Å². The lowest BCUT2D eigenvalue weighted by Gasteiger charge is -2.34. The molecule has 0 aromatic heterocycles. The monoisotopic (exact) mass is 256 g/mol. The van der Waals surface area contributed by atoms with Crippen LogP contribution in [-0.2, 0) is 4.79 Å². The second-order valence-corrected chi connectivity index (χ2v) is 5.66. The fraction of sp³-hybridized carbons (Fsp3) is 0.833. The molecule has 2 aliphatic rings. The highest BCUT2D eigenvalue weighted by molar-refractivity contribution is 7.80. The third kappa shape index (κ3) is 2.45. The molecule has 1 atom stereocenters. The molecule has 1 aliphatic heterocycles. The van der Waals surface area contributed by atoms with E-state index in [-0.39, 0.29) is 12.5 Å². The molecule has 96 valence electrons. The topological polar surface area (TPSA) is 66.6 Å². The lowest BCUT2D eigenvalue weighted by molar-refractivity contribution is -0.136. The molecule has 5 heteroatoms. The van der Waals surface area contributed by atoms with Gasteiger partial charge in [-0.25, -0.2) is 0 Å². The van der Waals surface area contributed by atoms with Crippen LogP contribution in [0.3, 0.4) is 0 Å². The van der Waals surface area contributed by atoms with Gasteiger partial charge in [-0.15, -0.1) is 0 Å². The minimum Gasteiger partial charge on any atom is -0.396 e. The van der Waals surface area contributed by atoms with Gasteiger partial charge in [-0.2, -0.15) is 0 Å². The van der Waals surface area contributed by atoms with Crippen molar-refractivity contribution < 1.29 is 9.90 Å². The maximum Gasteiger partial charge on any atom is 0.235 e. The molecule has 2 rings (SSSR count). The number of hydrogen-bond acceptors (Lipinski definition) is 3. The van der Waals surface area contributed by atoms with Crippen molar-refractivity contribution in [1.82, 2.24) is 4.90 Å². The fourth-order valence-corrected chi connectivity index (χ4v) is 2.95. The highest BCUT2D eigenvalue weighted by atomic mass is 32.1. The number of carbonyl (C=O) groups is 1. The molecule has 17 heavy (non-hydrogen) atoms. The Morgan fingerprint density at radius 1 is 1.53 bits per heavy atom. The number of piperidine rings is 1. The van der Waals surface area contributed by atoms with E-state index >= 15 is 0 Å². The van der Waals surface area contributed by atoms with Crippen molar-refractivity contribution in [3.05, 3.63) is 0 Å². The van der Waals surface area contributed by atoms with E-state index in [1.54, 1.807) is 0 Å². The molecule has 0 radical (unpaired) electrons. The van der Waals surface area contributed by atoms with Crippen molar-refractivity contribution >= 4 is 23.1 Å². The summed E-state index contributed by atoms with van der Waals surface area (Å²) in [7, 11) is 0. The van der Waals surface area contributed by atoms with Gasteiger partial charge in [0.2, 0.25) is 5.91 Å². The van der Waals surface area contributed by atoms with Crippen LogP contribution in [0.5, 0.6) is 0 Å². The first-order valence-electron chi connectivity index (χ1n) is 6.30. The molecule has 1 heterocycles. The van der Waals surface area contributed by atoms with Gasteiger partial charge in [-0.05, 0) is 38.0 Å². The van der Waals surface area contributed by atoms with E-state index in [1.165, 1.54) is 0 Å². The highest BCUT2D eigenvalue weighted by Crippen LogP contribution is 2.48. The lowest BCUT2D eigenvalue weighted by Crippen LogP contribution is -2.47. The average molecular weight is 256 g/mol. The van der Waals surface area contributed by atoms with Crippen molar-refractivity contribution in [2.45, 2.75) is 32.1 Å². The maximum atomic E-state index is 12.4. The quantitative estimate of drug-likeness (QED) is 0.726. The third-order valence-electron chi connectivity index (χ3n) is 3.97. The Labute approximate surface area is 107 Å². The van der Waals surface area contributed by atoms with Gasteiger partial charge in [0.15, 0.2) is 0 Å². The van der Waals surface area contributed by atoms with Crippen LogP contribution in [0, 0.1) is 11.3 Å². The molecule has 0 spiro atoms. The normalized spacial score (nSPS) is 26.6. The minimum absolute atomic E-state index is 0.118. The first kappa shape index (κ1) is 12.8. The van der Waals surface area contributed by atoms with Crippen LogP contribution in [0.15, 0.2) is 0 Å². The van der Waals surface area contributed by atoms with E-state index in [1.807, 2.05) is 4.90 Å². The van der Waals surface area contributed by atoms with Crippen molar-refractivity contribution in [2.24, 2.45) is 17.1 Å². The molecule has 3 N–H and O–H groups in total. The van der Waals surface area contributed by atoms with Crippen LogP contribution in [-0.4, -0.2) is 40.6 Å². The molecule has 2 fully saturated rings. The van der Waals surface area contributed by atoms with Crippen LogP contribution in [0.4, 0.5) is 0 Å². The number of thiocarbonyl (C=S) groups is 1. The van der Waals surface area contributed by atoms with E-state index in [2.05, 4.69) is 0 Å². The van der Waals surface area contributed by atoms with Crippen LogP contribution < -0.4 is 5.73 Å². The largest absolute Gasteiger partial charge is 0.396 e. The Morgan fingerprint density at radius 2 is 2.24 bits per heavy atom. The third-order valence-corrected chi connectivity index (χ3v) is 4.37. The summed E-state index contributed by atoms with van der Waals surface area (Å²) in [5, 5.41) is 8.96. The van der Waals surface area contributed by atoms with Gasteiger partial charge in [-0.1, -0.05) is 12.2 Å². The molecule has 1 saturated carbocycles. The van der Waals surface area contributed by atoms with Crippen LogP contribution >= 0.6 is 12.2 Å². The van der Waals surface area contributed by atoms with E-state index in [4.69, 9.17) is 23.1 Å². The molecule has 4 nitrogen and oxygen atoms in total. The zero-order chi connectivity index (χ0) is 12.5. The molecular formula is C12H20N2O2S. The number of nitrogens with zero attached hydrogens (tertiary/aromatic N) is 1. The second-order valence-electron chi connectivity index (χ2n) is 5.22. The predicted molar refractivity (Wildman–Crippen MR) is 69.5 cm³/mol. The van der Waals surface area contributed by atoms with Gasteiger partial charge >= 0.3 is 0 Å². The molecule has 0 aromatic rings. The number of rotatable bonds is 4. The Bertz CT molecular complexity index is 326. The first-order valence-corrected chi connectivity index (χ1v) is 6.71. The van der Waals surface area contributed by atoms with Crippen molar-refractivity contribution in [3.63, 3.8) is 0 Å². The average Bonchev–Trinajstić information content (AvgIpc) is 3.10. The van der Waals surface area contributed by atoms with Gasteiger partial charge in [0, 0.05) is 19.7 Å². The van der Waals surface area contributed by atoms with Crippen LogP contribution in [0.25, 0.3) is 0 Å². The highest BCUT2D eigenvalue weighted by Gasteiger charge is 2.54. The zero-order valence-corrected chi connectivity index (χ0v) is 10.8. The number of likely N-dealkylation sites (tertiary alicyclic amines) is 1. The Kier molecular flexibility index (Phi) is 3.68. The maximum absolute atomic E-state index is 12.4. The predicted octanol–water partition coefficient (Wildman–Crippen LogP) is 0.674. The molecule has 1 aliphatic carbocycles. The minimum atomic E-state index is -0.517. The number of hydrogen-bond donors (Lipinski definition) is 2.